The molecule has 1 amide bonds. The Kier molecular flexibility index (Phi) is 7.28. The molecule has 1 saturated heterocycles. The molecule has 2 heterocycles. The highest BCUT2D eigenvalue weighted by molar-refractivity contribution is 5.95. The van der Waals surface area contributed by atoms with Crippen molar-refractivity contribution in [2.45, 2.75) is 25.4 Å². The lowest BCUT2D eigenvalue weighted by atomic mass is 10.0. The molecule has 5 rings (SSSR count). The first kappa shape index (κ1) is 23.6. The monoisotopic (exact) mass is 481 g/mol. The van der Waals surface area contributed by atoms with E-state index in [4.69, 9.17) is 0 Å². The van der Waals surface area contributed by atoms with Gasteiger partial charge in [-0.05, 0) is 54.3 Å². The number of carbonyl (C=O) groups is 1. The third-order valence-corrected chi connectivity index (χ3v) is 6.36. The molecule has 0 atom stereocenters. The van der Waals surface area contributed by atoms with Crippen LogP contribution in [0.3, 0.4) is 0 Å². The molecule has 7 heteroatoms. The number of hydrogen-bond acceptors (Lipinski definition) is 5. The number of piperidine rings is 1. The number of halogens is 1. The summed E-state index contributed by atoms with van der Waals surface area (Å²) >= 11 is 0. The summed E-state index contributed by atoms with van der Waals surface area (Å²) in [6.45, 7) is 2.87. The van der Waals surface area contributed by atoms with Crippen molar-refractivity contribution in [3.05, 3.63) is 108 Å². The molecule has 0 radical (unpaired) electrons. The maximum absolute atomic E-state index is 13.5. The van der Waals surface area contributed by atoms with Crippen LogP contribution in [0, 0.1) is 5.82 Å². The molecular formula is C29H28FN5O. The molecule has 1 aliphatic rings. The normalized spacial score (nSPS) is 14.4. The lowest BCUT2D eigenvalue weighted by Crippen LogP contribution is -2.44. The summed E-state index contributed by atoms with van der Waals surface area (Å²) in [5, 5.41) is 6.32. The zero-order valence-electron chi connectivity index (χ0n) is 19.9. The van der Waals surface area contributed by atoms with Crippen LogP contribution in [0.4, 0.5) is 16.0 Å². The van der Waals surface area contributed by atoms with E-state index in [1.54, 1.807) is 30.6 Å². The van der Waals surface area contributed by atoms with Gasteiger partial charge < -0.3 is 10.6 Å². The molecule has 1 aromatic heterocycles. The molecular weight excluding hydrogens is 453 g/mol. The zero-order chi connectivity index (χ0) is 24.7. The highest BCUT2D eigenvalue weighted by atomic mass is 19.1. The van der Waals surface area contributed by atoms with Crippen LogP contribution in [0.1, 0.15) is 28.8 Å². The van der Waals surface area contributed by atoms with Gasteiger partial charge in [0, 0.05) is 54.9 Å². The molecule has 36 heavy (non-hydrogen) atoms. The van der Waals surface area contributed by atoms with Crippen molar-refractivity contribution >= 4 is 17.5 Å². The maximum Gasteiger partial charge on any atom is 0.251 e. The van der Waals surface area contributed by atoms with Gasteiger partial charge >= 0.3 is 0 Å². The number of amides is 1. The van der Waals surface area contributed by atoms with Crippen LogP contribution in [0.2, 0.25) is 0 Å². The first-order chi connectivity index (χ1) is 17.6. The molecule has 0 aliphatic carbocycles. The first-order valence-corrected chi connectivity index (χ1v) is 12.1. The van der Waals surface area contributed by atoms with Crippen molar-refractivity contribution < 1.29 is 9.18 Å². The Morgan fingerprint density at radius 3 is 2.39 bits per heavy atom. The second-order valence-electron chi connectivity index (χ2n) is 9.02. The fraction of sp³-hybridized carbons (Fsp3) is 0.207. The predicted molar refractivity (Wildman–Crippen MR) is 139 cm³/mol. The summed E-state index contributed by atoms with van der Waals surface area (Å²) < 4.78 is 13.5. The van der Waals surface area contributed by atoms with Crippen LogP contribution in [0.15, 0.2) is 91.3 Å². The van der Waals surface area contributed by atoms with Gasteiger partial charge in [-0.3, -0.25) is 9.69 Å². The molecule has 3 aromatic carbocycles. The molecule has 0 saturated carbocycles. The highest BCUT2D eigenvalue weighted by Crippen LogP contribution is 2.21. The largest absolute Gasteiger partial charge is 0.349 e. The Labute approximate surface area is 210 Å². The quantitative estimate of drug-likeness (QED) is 0.369. The van der Waals surface area contributed by atoms with Crippen LogP contribution < -0.4 is 10.6 Å². The van der Waals surface area contributed by atoms with Crippen LogP contribution in [0.25, 0.3) is 11.1 Å². The lowest BCUT2D eigenvalue weighted by molar-refractivity contribution is 0.0909. The minimum atomic E-state index is -0.303. The van der Waals surface area contributed by atoms with Crippen molar-refractivity contribution in [2.75, 3.05) is 18.4 Å². The van der Waals surface area contributed by atoms with Gasteiger partial charge in [0.2, 0.25) is 5.95 Å². The fourth-order valence-electron chi connectivity index (χ4n) is 4.42. The fourth-order valence-corrected chi connectivity index (χ4v) is 4.42. The van der Waals surface area contributed by atoms with E-state index in [9.17, 15) is 9.18 Å². The van der Waals surface area contributed by atoms with Gasteiger partial charge in [0.25, 0.3) is 5.91 Å². The second kappa shape index (κ2) is 11.1. The Morgan fingerprint density at radius 1 is 0.889 bits per heavy atom. The van der Waals surface area contributed by atoms with Gasteiger partial charge in [-0.2, -0.15) is 0 Å². The van der Waals surface area contributed by atoms with Gasteiger partial charge in [0.1, 0.15) is 5.82 Å². The number of hydrogen-bond donors (Lipinski definition) is 2. The standard InChI is InChI=1S/C29H28FN5O/c30-25-10-4-8-22(16-25)24-18-31-29(32-19-24)34-27-11-5-9-23(17-27)28(36)33-26-12-14-35(15-13-26)20-21-6-2-1-3-7-21/h1-11,16-19,26H,12-15,20H2,(H,33,36)(H,31,32,34). The van der Waals surface area contributed by atoms with E-state index in [0.29, 0.717) is 17.1 Å². The Bertz CT molecular complexity index is 1300. The summed E-state index contributed by atoms with van der Waals surface area (Å²) in [5.74, 6) is 0.0172. The molecule has 182 valence electrons. The minimum absolute atomic E-state index is 0.0810. The summed E-state index contributed by atoms with van der Waals surface area (Å²) in [5.41, 5.74) is 4.06. The van der Waals surface area contributed by atoms with Crippen LogP contribution in [0.5, 0.6) is 0 Å². The van der Waals surface area contributed by atoms with E-state index in [2.05, 4.69) is 49.8 Å². The summed E-state index contributed by atoms with van der Waals surface area (Å²) in [6, 6.07) is 24.3. The van der Waals surface area contributed by atoms with Crippen LogP contribution >= 0.6 is 0 Å². The zero-order valence-corrected chi connectivity index (χ0v) is 19.9. The van der Waals surface area contributed by atoms with Crippen molar-refractivity contribution in [2.24, 2.45) is 0 Å². The molecule has 0 spiro atoms. The van der Waals surface area contributed by atoms with Gasteiger partial charge in [0.05, 0.1) is 0 Å². The van der Waals surface area contributed by atoms with Gasteiger partial charge in [0.15, 0.2) is 0 Å². The Morgan fingerprint density at radius 2 is 1.64 bits per heavy atom. The topological polar surface area (TPSA) is 70.2 Å². The molecule has 1 aliphatic heterocycles. The number of anilines is 2. The molecule has 4 aromatic rings. The third kappa shape index (κ3) is 6.12. The van der Waals surface area contributed by atoms with E-state index in [1.807, 2.05) is 24.3 Å². The summed E-state index contributed by atoms with van der Waals surface area (Å²) in [4.78, 5) is 24.0. The van der Waals surface area contributed by atoms with E-state index in [1.165, 1.54) is 17.7 Å². The summed E-state index contributed by atoms with van der Waals surface area (Å²) in [7, 11) is 0. The van der Waals surface area contributed by atoms with Crippen LogP contribution in [-0.2, 0) is 6.54 Å². The van der Waals surface area contributed by atoms with Gasteiger partial charge in [-0.15, -0.1) is 0 Å². The second-order valence-corrected chi connectivity index (χ2v) is 9.02. The van der Waals surface area contributed by atoms with Crippen LogP contribution in [-0.4, -0.2) is 39.9 Å². The molecule has 6 nitrogen and oxygen atoms in total. The average molecular weight is 482 g/mol. The average Bonchev–Trinajstić information content (AvgIpc) is 2.91. The number of aromatic nitrogens is 2. The lowest BCUT2D eigenvalue weighted by Gasteiger charge is -2.32. The number of benzene rings is 3. The smallest absolute Gasteiger partial charge is 0.251 e. The number of nitrogens with one attached hydrogen (secondary N) is 2. The Hall–Kier alpha value is -4.10. The third-order valence-electron chi connectivity index (χ3n) is 6.36. The molecule has 0 unspecified atom stereocenters. The van der Waals surface area contributed by atoms with Crippen molar-refractivity contribution in [1.82, 2.24) is 20.2 Å². The maximum atomic E-state index is 13.5. The highest BCUT2D eigenvalue weighted by Gasteiger charge is 2.21. The van der Waals surface area contributed by atoms with E-state index >= 15 is 0 Å². The van der Waals surface area contributed by atoms with Gasteiger partial charge in [-0.1, -0.05) is 48.5 Å². The minimum Gasteiger partial charge on any atom is -0.349 e. The Balaban J connectivity index is 1.15. The van der Waals surface area contributed by atoms with E-state index < -0.39 is 0 Å². The summed E-state index contributed by atoms with van der Waals surface area (Å²) in [6.07, 6.45) is 5.15. The SMILES string of the molecule is O=C(NC1CCN(Cc2ccccc2)CC1)c1cccc(Nc2ncc(-c3cccc(F)c3)cn2)c1. The number of rotatable bonds is 7. The number of nitrogens with zero attached hydrogens (tertiary/aromatic N) is 3. The predicted octanol–water partition coefficient (Wildman–Crippen LogP) is 5.42. The van der Waals surface area contributed by atoms with E-state index in [0.717, 1.165) is 43.7 Å². The van der Waals surface area contributed by atoms with E-state index in [-0.39, 0.29) is 17.8 Å². The molecule has 1 fully saturated rings. The van der Waals surface area contributed by atoms with Crippen molar-refractivity contribution in [3.63, 3.8) is 0 Å². The molecule has 2 N–H and O–H groups in total. The first-order valence-electron chi connectivity index (χ1n) is 12.1. The van der Waals surface area contributed by atoms with Crippen molar-refractivity contribution in [3.8, 4) is 11.1 Å². The molecule has 0 bridgehead atoms. The number of carbonyl (C=O) groups excluding carboxylic acids is 1. The number of likely N-dealkylation sites (tertiary alicyclic amines) is 1. The van der Waals surface area contributed by atoms with Crippen molar-refractivity contribution in [1.29, 1.82) is 0 Å². The van der Waals surface area contributed by atoms with Gasteiger partial charge in [-0.25, -0.2) is 14.4 Å².